The minimum atomic E-state index is -0.295. The number of hydrogen-bond donors (Lipinski definition) is 1. The van der Waals surface area contributed by atoms with Crippen LogP contribution in [0.5, 0.6) is 0 Å². The summed E-state index contributed by atoms with van der Waals surface area (Å²) in [7, 11) is 0. The van der Waals surface area contributed by atoms with E-state index in [-0.39, 0.29) is 24.4 Å². The maximum absolute atomic E-state index is 11.9. The van der Waals surface area contributed by atoms with Gasteiger partial charge in [0, 0.05) is 11.7 Å². The molecule has 2 rings (SSSR count). The Morgan fingerprint density at radius 2 is 1.71 bits per heavy atom. The van der Waals surface area contributed by atoms with Crippen LogP contribution in [0.15, 0.2) is 54.6 Å². The summed E-state index contributed by atoms with van der Waals surface area (Å²) in [5, 5.41) is 3.37. The average molecular weight is 306 g/mol. The van der Waals surface area contributed by atoms with Gasteiger partial charge in [-0.05, 0) is 31.5 Å². The molecular weight excluding hydrogens is 286 g/mol. The van der Waals surface area contributed by atoms with Gasteiger partial charge in [0.05, 0.1) is 12.2 Å². The van der Waals surface area contributed by atoms with Gasteiger partial charge in [-0.15, -0.1) is 12.4 Å². The zero-order valence-corrected chi connectivity index (χ0v) is 13.0. The Balaban J connectivity index is 0.00000220. The molecule has 0 bridgehead atoms. The first-order valence-electron chi connectivity index (χ1n) is 6.80. The van der Waals surface area contributed by atoms with Gasteiger partial charge in [0.2, 0.25) is 0 Å². The predicted octanol–water partition coefficient (Wildman–Crippen LogP) is 4.46. The summed E-state index contributed by atoms with van der Waals surface area (Å²) in [5.41, 5.74) is 2.53. The standard InChI is InChI=1S/C17H19NO2.ClH/c1-3-20-17(19)15-11-7-8-12-16(15)18-13(2)14-9-5-4-6-10-14;/h4-13,18H,3H2,1-2H3;1H/t13-;/m0./s1. The van der Waals surface area contributed by atoms with Crippen LogP contribution in [-0.4, -0.2) is 12.6 Å². The quantitative estimate of drug-likeness (QED) is 0.829. The van der Waals surface area contributed by atoms with Crippen LogP contribution in [0, 0.1) is 0 Å². The molecule has 112 valence electrons. The Bertz CT molecular complexity index is 572. The van der Waals surface area contributed by atoms with Gasteiger partial charge in [-0.25, -0.2) is 4.79 Å². The smallest absolute Gasteiger partial charge is 0.340 e. The minimum absolute atomic E-state index is 0. The van der Waals surface area contributed by atoms with Gasteiger partial charge in [0.15, 0.2) is 0 Å². The summed E-state index contributed by atoms with van der Waals surface area (Å²) in [6, 6.07) is 17.6. The molecule has 2 aromatic rings. The molecule has 4 heteroatoms. The first-order valence-corrected chi connectivity index (χ1v) is 6.80. The molecule has 0 aliphatic rings. The Morgan fingerprint density at radius 3 is 2.38 bits per heavy atom. The molecule has 1 atom stereocenters. The molecule has 0 heterocycles. The lowest BCUT2D eigenvalue weighted by molar-refractivity contribution is 0.0527. The number of halogens is 1. The van der Waals surface area contributed by atoms with Gasteiger partial charge in [-0.1, -0.05) is 42.5 Å². The van der Waals surface area contributed by atoms with E-state index in [0.29, 0.717) is 12.2 Å². The molecular formula is C17H20ClNO2. The number of rotatable bonds is 5. The van der Waals surface area contributed by atoms with Gasteiger partial charge >= 0.3 is 5.97 Å². The molecule has 1 N–H and O–H groups in total. The van der Waals surface area contributed by atoms with Crippen LogP contribution >= 0.6 is 12.4 Å². The molecule has 0 radical (unpaired) electrons. The third kappa shape index (κ3) is 4.50. The molecule has 0 unspecified atom stereocenters. The summed E-state index contributed by atoms with van der Waals surface area (Å²) in [6.45, 7) is 4.25. The molecule has 3 nitrogen and oxygen atoms in total. The van der Waals surface area contributed by atoms with Gasteiger partial charge < -0.3 is 10.1 Å². The summed E-state index contributed by atoms with van der Waals surface area (Å²) in [4.78, 5) is 11.9. The van der Waals surface area contributed by atoms with E-state index < -0.39 is 0 Å². The number of para-hydroxylation sites is 1. The van der Waals surface area contributed by atoms with Crippen molar-refractivity contribution in [2.75, 3.05) is 11.9 Å². The number of carbonyl (C=O) groups excluding carboxylic acids is 1. The van der Waals surface area contributed by atoms with E-state index >= 15 is 0 Å². The van der Waals surface area contributed by atoms with Crippen molar-refractivity contribution in [3.8, 4) is 0 Å². The lowest BCUT2D eigenvalue weighted by atomic mass is 10.1. The molecule has 0 saturated carbocycles. The molecule has 0 saturated heterocycles. The Kier molecular flexibility index (Phi) is 6.76. The molecule has 0 fully saturated rings. The van der Waals surface area contributed by atoms with Gasteiger partial charge in [-0.2, -0.15) is 0 Å². The second-order valence-electron chi connectivity index (χ2n) is 4.54. The lowest BCUT2D eigenvalue weighted by Crippen LogP contribution is -2.12. The van der Waals surface area contributed by atoms with E-state index in [9.17, 15) is 4.79 Å². The highest BCUT2D eigenvalue weighted by Crippen LogP contribution is 2.22. The lowest BCUT2D eigenvalue weighted by Gasteiger charge is -2.17. The highest BCUT2D eigenvalue weighted by Gasteiger charge is 2.13. The molecule has 0 aliphatic carbocycles. The summed E-state index contributed by atoms with van der Waals surface area (Å²) in [5.74, 6) is -0.295. The van der Waals surface area contributed by atoms with Crippen molar-refractivity contribution in [1.82, 2.24) is 0 Å². The van der Waals surface area contributed by atoms with Crippen molar-refractivity contribution in [2.45, 2.75) is 19.9 Å². The molecule has 0 amide bonds. The number of carbonyl (C=O) groups is 1. The molecule has 0 aliphatic heterocycles. The fourth-order valence-corrected chi connectivity index (χ4v) is 2.05. The zero-order chi connectivity index (χ0) is 14.4. The van der Waals surface area contributed by atoms with Crippen LogP contribution in [0.3, 0.4) is 0 Å². The van der Waals surface area contributed by atoms with Crippen molar-refractivity contribution in [3.63, 3.8) is 0 Å². The van der Waals surface area contributed by atoms with Crippen LogP contribution in [0.2, 0.25) is 0 Å². The largest absolute Gasteiger partial charge is 0.462 e. The van der Waals surface area contributed by atoms with Crippen molar-refractivity contribution >= 4 is 24.1 Å². The average Bonchev–Trinajstić information content (AvgIpc) is 2.49. The summed E-state index contributed by atoms with van der Waals surface area (Å²) in [6.07, 6.45) is 0. The van der Waals surface area contributed by atoms with Crippen LogP contribution in [0.1, 0.15) is 35.8 Å². The van der Waals surface area contributed by atoms with E-state index in [1.807, 2.05) is 36.4 Å². The number of benzene rings is 2. The number of ether oxygens (including phenoxy) is 1. The van der Waals surface area contributed by atoms with E-state index in [4.69, 9.17) is 4.74 Å². The van der Waals surface area contributed by atoms with E-state index in [2.05, 4.69) is 24.4 Å². The van der Waals surface area contributed by atoms with Crippen molar-refractivity contribution in [1.29, 1.82) is 0 Å². The molecule has 0 aromatic heterocycles. The minimum Gasteiger partial charge on any atom is -0.462 e. The van der Waals surface area contributed by atoms with Crippen molar-refractivity contribution < 1.29 is 9.53 Å². The maximum atomic E-state index is 11.9. The van der Waals surface area contributed by atoms with Gasteiger partial charge in [0.25, 0.3) is 0 Å². The van der Waals surface area contributed by atoms with Crippen LogP contribution in [0.4, 0.5) is 5.69 Å². The number of esters is 1. The molecule has 21 heavy (non-hydrogen) atoms. The van der Waals surface area contributed by atoms with E-state index in [1.165, 1.54) is 5.56 Å². The Morgan fingerprint density at radius 1 is 1.10 bits per heavy atom. The topological polar surface area (TPSA) is 38.3 Å². The second kappa shape index (κ2) is 8.32. The third-order valence-electron chi connectivity index (χ3n) is 3.09. The number of nitrogens with one attached hydrogen (secondary N) is 1. The Hall–Kier alpha value is -2.00. The van der Waals surface area contributed by atoms with Gasteiger partial charge in [0.1, 0.15) is 0 Å². The van der Waals surface area contributed by atoms with E-state index in [1.54, 1.807) is 13.0 Å². The van der Waals surface area contributed by atoms with Crippen molar-refractivity contribution in [3.05, 3.63) is 65.7 Å². The monoisotopic (exact) mass is 305 g/mol. The number of hydrogen-bond acceptors (Lipinski definition) is 3. The van der Waals surface area contributed by atoms with Gasteiger partial charge in [-0.3, -0.25) is 0 Å². The normalized spacial score (nSPS) is 11.1. The number of anilines is 1. The second-order valence-corrected chi connectivity index (χ2v) is 4.54. The summed E-state index contributed by atoms with van der Waals surface area (Å²) < 4.78 is 5.08. The van der Waals surface area contributed by atoms with Crippen LogP contribution < -0.4 is 5.32 Å². The SMILES string of the molecule is CCOC(=O)c1ccccc1N[C@@H](C)c1ccccc1.Cl. The molecule has 0 spiro atoms. The summed E-state index contributed by atoms with van der Waals surface area (Å²) >= 11 is 0. The highest BCUT2D eigenvalue weighted by atomic mass is 35.5. The first kappa shape index (κ1) is 17.1. The maximum Gasteiger partial charge on any atom is 0.340 e. The van der Waals surface area contributed by atoms with Crippen molar-refractivity contribution in [2.24, 2.45) is 0 Å². The highest BCUT2D eigenvalue weighted by molar-refractivity contribution is 5.95. The fraction of sp³-hybridized carbons (Fsp3) is 0.235. The first-order chi connectivity index (χ1) is 9.72. The fourth-order valence-electron chi connectivity index (χ4n) is 2.05. The third-order valence-corrected chi connectivity index (χ3v) is 3.09. The predicted molar refractivity (Wildman–Crippen MR) is 88.1 cm³/mol. The molecule has 2 aromatic carbocycles. The Labute approximate surface area is 131 Å². The van der Waals surface area contributed by atoms with E-state index in [0.717, 1.165) is 5.69 Å². The van der Waals surface area contributed by atoms with Crippen LogP contribution in [0.25, 0.3) is 0 Å². The zero-order valence-electron chi connectivity index (χ0n) is 12.2. The van der Waals surface area contributed by atoms with Crippen LogP contribution in [-0.2, 0) is 4.74 Å².